The Kier molecular flexibility index (Phi) is 4.39. The number of nitrogens with zero attached hydrogens (tertiary/aromatic N) is 2. The van der Waals surface area contributed by atoms with Crippen LogP contribution in [-0.2, 0) is 4.79 Å². The molecule has 2 fully saturated rings. The maximum absolute atomic E-state index is 13.8. The Labute approximate surface area is 124 Å². The second-order valence-electron chi connectivity index (χ2n) is 5.82. The van der Waals surface area contributed by atoms with Crippen molar-refractivity contribution in [3.05, 3.63) is 30.1 Å². The van der Waals surface area contributed by atoms with Crippen LogP contribution in [0.3, 0.4) is 0 Å². The van der Waals surface area contributed by atoms with Crippen LogP contribution in [0.2, 0.25) is 0 Å². The molecule has 1 amide bonds. The number of para-hydroxylation sites is 1. The van der Waals surface area contributed by atoms with Gasteiger partial charge in [0.2, 0.25) is 5.91 Å². The third-order valence-corrected chi connectivity index (χ3v) is 4.41. The first-order valence-corrected chi connectivity index (χ1v) is 7.74. The van der Waals surface area contributed by atoms with E-state index in [1.54, 1.807) is 12.1 Å². The lowest BCUT2D eigenvalue weighted by Crippen LogP contribution is -2.49. The van der Waals surface area contributed by atoms with Gasteiger partial charge in [-0.3, -0.25) is 4.79 Å². The van der Waals surface area contributed by atoms with Crippen molar-refractivity contribution in [3.8, 4) is 0 Å². The van der Waals surface area contributed by atoms with Crippen molar-refractivity contribution >= 4 is 11.6 Å². The van der Waals surface area contributed by atoms with E-state index < -0.39 is 0 Å². The number of rotatable bonds is 3. The molecule has 5 heteroatoms. The fourth-order valence-electron chi connectivity index (χ4n) is 3.18. The average molecular weight is 291 g/mol. The number of piperazine rings is 1. The topological polar surface area (TPSA) is 35.6 Å². The summed E-state index contributed by atoms with van der Waals surface area (Å²) in [6.45, 7) is 3.79. The summed E-state index contributed by atoms with van der Waals surface area (Å²) in [7, 11) is 0. The van der Waals surface area contributed by atoms with Crippen LogP contribution in [0, 0.1) is 5.82 Å². The highest BCUT2D eigenvalue weighted by Gasteiger charge is 2.25. The van der Waals surface area contributed by atoms with E-state index >= 15 is 0 Å². The summed E-state index contributed by atoms with van der Waals surface area (Å²) in [5.41, 5.74) is 0.641. The predicted molar refractivity (Wildman–Crippen MR) is 80.8 cm³/mol. The summed E-state index contributed by atoms with van der Waals surface area (Å²) in [4.78, 5) is 16.2. The summed E-state index contributed by atoms with van der Waals surface area (Å²) in [6, 6.07) is 7.19. The Hall–Kier alpha value is -1.62. The lowest BCUT2D eigenvalue weighted by Gasteiger charge is -2.36. The molecule has 0 bridgehead atoms. The Morgan fingerprint density at radius 2 is 2.00 bits per heavy atom. The van der Waals surface area contributed by atoms with Crippen molar-refractivity contribution < 1.29 is 9.18 Å². The molecule has 2 aliphatic heterocycles. The summed E-state index contributed by atoms with van der Waals surface area (Å²) in [5.74, 6) is 0.0371. The highest BCUT2D eigenvalue weighted by molar-refractivity contribution is 5.77. The summed E-state index contributed by atoms with van der Waals surface area (Å²) < 4.78 is 13.8. The van der Waals surface area contributed by atoms with Crippen molar-refractivity contribution in [2.75, 3.05) is 37.6 Å². The predicted octanol–water partition coefficient (Wildman–Crippen LogP) is 1.62. The van der Waals surface area contributed by atoms with Crippen LogP contribution >= 0.6 is 0 Å². The molecule has 2 aliphatic rings. The van der Waals surface area contributed by atoms with Gasteiger partial charge < -0.3 is 15.1 Å². The Morgan fingerprint density at radius 1 is 1.24 bits per heavy atom. The molecule has 3 rings (SSSR count). The molecule has 1 aromatic carbocycles. The van der Waals surface area contributed by atoms with Crippen molar-refractivity contribution in [3.63, 3.8) is 0 Å². The van der Waals surface area contributed by atoms with Crippen molar-refractivity contribution in [2.45, 2.75) is 25.3 Å². The molecule has 2 saturated heterocycles. The number of carbonyl (C=O) groups excluding carboxylic acids is 1. The molecule has 114 valence electrons. The van der Waals surface area contributed by atoms with E-state index in [9.17, 15) is 9.18 Å². The lowest BCUT2D eigenvalue weighted by atomic mass is 10.1. The van der Waals surface area contributed by atoms with E-state index in [-0.39, 0.29) is 11.7 Å². The standard InChI is InChI=1S/C16H22FN3O/c17-14-5-1-2-6-15(14)19-8-10-20(11-9-19)16(21)12-13-4-3-7-18-13/h1-2,5-6,13,18H,3-4,7-12H2. The molecule has 2 heterocycles. The second-order valence-corrected chi connectivity index (χ2v) is 5.82. The van der Waals surface area contributed by atoms with E-state index in [2.05, 4.69) is 5.32 Å². The van der Waals surface area contributed by atoms with Gasteiger partial charge in [0.05, 0.1) is 5.69 Å². The molecule has 0 saturated carbocycles. The zero-order chi connectivity index (χ0) is 14.7. The molecule has 0 aliphatic carbocycles. The zero-order valence-corrected chi connectivity index (χ0v) is 12.2. The molecular weight excluding hydrogens is 269 g/mol. The van der Waals surface area contributed by atoms with E-state index in [0.29, 0.717) is 44.3 Å². The van der Waals surface area contributed by atoms with E-state index in [1.807, 2.05) is 15.9 Å². The van der Waals surface area contributed by atoms with Gasteiger partial charge in [-0.15, -0.1) is 0 Å². The van der Waals surface area contributed by atoms with Crippen molar-refractivity contribution in [2.24, 2.45) is 0 Å². The second kappa shape index (κ2) is 6.43. The number of nitrogens with one attached hydrogen (secondary N) is 1. The van der Waals surface area contributed by atoms with Gasteiger partial charge in [-0.2, -0.15) is 0 Å². The fourth-order valence-corrected chi connectivity index (χ4v) is 3.18. The number of halogens is 1. The summed E-state index contributed by atoms with van der Waals surface area (Å²) in [6.07, 6.45) is 2.86. The smallest absolute Gasteiger partial charge is 0.224 e. The van der Waals surface area contributed by atoms with Crippen LogP contribution in [0.5, 0.6) is 0 Å². The highest BCUT2D eigenvalue weighted by Crippen LogP contribution is 2.20. The van der Waals surface area contributed by atoms with Gasteiger partial charge in [-0.25, -0.2) is 4.39 Å². The quantitative estimate of drug-likeness (QED) is 0.919. The minimum absolute atomic E-state index is 0.188. The van der Waals surface area contributed by atoms with Gasteiger partial charge >= 0.3 is 0 Å². The number of amides is 1. The van der Waals surface area contributed by atoms with Crippen LogP contribution < -0.4 is 10.2 Å². The minimum atomic E-state index is -0.188. The number of carbonyl (C=O) groups is 1. The maximum Gasteiger partial charge on any atom is 0.224 e. The number of hydrogen-bond acceptors (Lipinski definition) is 3. The van der Waals surface area contributed by atoms with E-state index in [0.717, 1.165) is 13.0 Å². The number of anilines is 1. The number of hydrogen-bond donors (Lipinski definition) is 1. The largest absolute Gasteiger partial charge is 0.366 e. The van der Waals surface area contributed by atoms with E-state index in [1.165, 1.54) is 12.5 Å². The fraction of sp³-hybridized carbons (Fsp3) is 0.562. The molecule has 0 spiro atoms. The van der Waals surface area contributed by atoms with Crippen molar-refractivity contribution in [1.29, 1.82) is 0 Å². The monoisotopic (exact) mass is 291 g/mol. The highest BCUT2D eigenvalue weighted by atomic mass is 19.1. The molecule has 0 aromatic heterocycles. The van der Waals surface area contributed by atoms with Crippen LogP contribution in [-0.4, -0.2) is 49.6 Å². The molecule has 1 N–H and O–H groups in total. The molecule has 1 atom stereocenters. The van der Waals surface area contributed by atoms with Crippen molar-refractivity contribution in [1.82, 2.24) is 10.2 Å². The molecular formula is C16H22FN3O. The third-order valence-electron chi connectivity index (χ3n) is 4.41. The number of benzene rings is 1. The summed E-state index contributed by atoms with van der Waals surface area (Å²) in [5, 5.41) is 3.36. The van der Waals surface area contributed by atoms with Crippen LogP contribution in [0.1, 0.15) is 19.3 Å². The molecule has 21 heavy (non-hydrogen) atoms. The van der Waals surface area contributed by atoms with Crippen LogP contribution in [0.4, 0.5) is 10.1 Å². The van der Waals surface area contributed by atoms with Gasteiger partial charge in [0.15, 0.2) is 0 Å². The molecule has 1 aromatic rings. The van der Waals surface area contributed by atoms with Gasteiger partial charge in [-0.1, -0.05) is 12.1 Å². The van der Waals surface area contributed by atoms with Gasteiger partial charge in [0, 0.05) is 38.6 Å². The average Bonchev–Trinajstić information content (AvgIpc) is 3.01. The normalized spacial score (nSPS) is 22.6. The maximum atomic E-state index is 13.8. The lowest BCUT2D eigenvalue weighted by molar-refractivity contribution is -0.131. The SMILES string of the molecule is O=C(CC1CCCN1)N1CCN(c2ccccc2F)CC1. The van der Waals surface area contributed by atoms with Gasteiger partial charge in [0.25, 0.3) is 0 Å². The molecule has 1 unspecified atom stereocenters. The minimum Gasteiger partial charge on any atom is -0.366 e. The first kappa shape index (κ1) is 14.3. The first-order valence-electron chi connectivity index (χ1n) is 7.74. The van der Waals surface area contributed by atoms with E-state index in [4.69, 9.17) is 0 Å². The van der Waals surface area contributed by atoms with Crippen LogP contribution in [0.15, 0.2) is 24.3 Å². The third kappa shape index (κ3) is 3.35. The first-order chi connectivity index (χ1) is 10.2. The Bertz CT molecular complexity index is 494. The Morgan fingerprint density at radius 3 is 2.67 bits per heavy atom. The van der Waals surface area contributed by atoms with Crippen LogP contribution in [0.25, 0.3) is 0 Å². The van der Waals surface area contributed by atoms with Gasteiger partial charge in [0.1, 0.15) is 5.82 Å². The van der Waals surface area contributed by atoms with Gasteiger partial charge in [-0.05, 0) is 31.5 Å². The zero-order valence-electron chi connectivity index (χ0n) is 12.2. The molecule has 4 nitrogen and oxygen atoms in total. The summed E-state index contributed by atoms with van der Waals surface area (Å²) >= 11 is 0. The molecule has 0 radical (unpaired) electrons. The Balaban J connectivity index is 1.52.